The van der Waals surface area contributed by atoms with Gasteiger partial charge >= 0.3 is 5.97 Å². The number of hydrogen-bond donors (Lipinski definition) is 29. The molecule has 0 unspecified atom stereocenters. The van der Waals surface area contributed by atoms with E-state index in [1.165, 1.54) is 13.8 Å². The van der Waals surface area contributed by atoms with Crippen molar-refractivity contribution in [3.05, 3.63) is 71.8 Å². The van der Waals surface area contributed by atoms with Crippen molar-refractivity contribution in [2.24, 2.45) is 34.8 Å². The van der Waals surface area contributed by atoms with E-state index in [0.717, 1.165) is 0 Å². The van der Waals surface area contributed by atoms with Crippen molar-refractivity contribution < 1.29 is 92.0 Å². The molecular weight excluding hydrogens is 1560 g/mol. The molecule has 31 N–H and O–H groups in total. The average molecular weight is 1670 g/mol. The highest BCUT2D eigenvalue weighted by Gasteiger charge is 2.38. The molecule has 0 heterocycles. The highest BCUT2D eigenvalue weighted by molar-refractivity contribution is 7.80. The molecule has 116 heavy (non-hydrogen) atoms. The second kappa shape index (κ2) is 54.4. The van der Waals surface area contributed by atoms with E-state index in [1.807, 2.05) is 0 Å². The minimum absolute atomic E-state index is 0.0102. The Balaban J connectivity index is 2.41. The first kappa shape index (κ1) is 101. The monoisotopic (exact) mass is 1670 g/mol. The van der Waals surface area contributed by atoms with Crippen LogP contribution in [0.25, 0.3) is 0 Å². The number of rotatable bonds is 55. The average Bonchev–Trinajstić information content (AvgIpc) is 0.845. The number of hydrogen-bond acceptors (Lipinski definition) is 24. The molecule has 0 aromatic heterocycles. The summed E-state index contributed by atoms with van der Waals surface area (Å²) in [6, 6.07) is -2.70. The van der Waals surface area contributed by atoms with Crippen LogP contribution < -0.4 is 113 Å². The van der Waals surface area contributed by atoms with Gasteiger partial charge in [-0.25, -0.2) is 0 Å². The summed E-state index contributed by atoms with van der Waals surface area (Å²) in [6.07, 6.45) is -0.407. The van der Waals surface area contributed by atoms with Crippen molar-refractivity contribution in [2.45, 2.75) is 184 Å². The lowest BCUT2D eigenvalue weighted by molar-refractivity contribution is -0.142. The molecule has 15 atom stereocenters. The van der Waals surface area contributed by atoms with Gasteiger partial charge in [0.1, 0.15) is 78.8 Å². The largest absolute Gasteiger partial charge is 0.481 e. The number of aliphatic hydroxyl groups is 2. The number of nitrogens with one attached hydrogen (secondary N) is 20. The lowest BCUT2D eigenvalue weighted by atomic mass is 9.96. The third-order valence-electron chi connectivity index (χ3n) is 17.8. The van der Waals surface area contributed by atoms with Crippen molar-refractivity contribution >= 4 is 138 Å². The lowest BCUT2D eigenvalue weighted by Gasteiger charge is -2.29. The molecule has 43 nitrogen and oxygen atoms in total. The Labute approximate surface area is 681 Å². The van der Waals surface area contributed by atoms with Gasteiger partial charge in [0.25, 0.3) is 0 Å². The summed E-state index contributed by atoms with van der Waals surface area (Å²) in [5.74, 6) is -18.4. The summed E-state index contributed by atoms with van der Waals surface area (Å²) >= 11 is 8.40. The Bertz CT molecular complexity index is 3650. The first-order valence-electron chi connectivity index (χ1n) is 37.3. The Kier molecular flexibility index (Phi) is 47.1. The Morgan fingerprint density at radius 2 is 0.784 bits per heavy atom. The van der Waals surface area contributed by atoms with Gasteiger partial charge < -0.3 is 133 Å². The third kappa shape index (κ3) is 38.6. The quantitative estimate of drug-likeness (QED) is 0.00961. The SMILES string of the molecule is CC[C@H](C)[C@H](NC(=O)[C@H](CS)NC(=O)[C@H](Cc1ccccc1)NC(=O)[C@H](CCCNC(=N)N)NC(=O)[C@H](CC(=O)O)NC(=O)[C@@H](NC(=O)[C@H](CCCNC(=N)N)NC(=O)CNC(=O)CNC(=O)[C@H](Cc1ccccc1)NC(=O)[C@@H](C)NC(=O)[C@H](CS)NC(=O)[C@H](CO)NC(=O)[C@@H](N)CO)[C@@H](C)CC)C(=O)N[C@H](C=O)CCCNC(=N)N. The van der Waals surface area contributed by atoms with Crippen molar-refractivity contribution in [1.29, 1.82) is 16.2 Å². The van der Waals surface area contributed by atoms with Crippen molar-refractivity contribution in [2.75, 3.05) is 57.4 Å². The molecule has 0 bridgehead atoms. The zero-order valence-electron chi connectivity index (χ0n) is 65.2. The number of carbonyl (C=O) groups excluding carboxylic acids is 15. The molecule has 2 aromatic carbocycles. The molecular formula is C71H114N24O19S2. The maximum Gasteiger partial charge on any atom is 0.305 e. The number of carboxylic acids is 1. The second-order valence-electron chi connectivity index (χ2n) is 27.0. The van der Waals surface area contributed by atoms with E-state index in [0.29, 0.717) is 30.3 Å². The first-order valence-corrected chi connectivity index (χ1v) is 38.6. The van der Waals surface area contributed by atoms with E-state index >= 15 is 0 Å². The number of benzene rings is 2. The smallest absolute Gasteiger partial charge is 0.305 e. The van der Waals surface area contributed by atoms with Gasteiger partial charge in [-0.2, -0.15) is 25.3 Å². The first-order chi connectivity index (χ1) is 54.9. The van der Waals surface area contributed by atoms with E-state index in [1.54, 1.807) is 81.4 Å². The number of aliphatic hydroxyl groups excluding tert-OH is 2. The minimum atomic E-state index is -2.00. The Hall–Kier alpha value is -11.4. The fourth-order valence-electron chi connectivity index (χ4n) is 10.7. The highest BCUT2D eigenvalue weighted by Crippen LogP contribution is 2.15. The predicted molar refractivity (Wildman–Crippen MR) is 430 cm³/mol. The maximum atomic E-state index is 14.6. The number of carboxylic acid groups (broad SMARTS) is 1. The zero-order chi connectivity index (χ0) is 87.1. The fourth-order valence-corrected chi connectivity index (χ4v) is 11.3. The van der Waals surface area contributed by atoms with Gasteiger partial charge in [0.2, 0.25) is 82.7 Å². The normalized spacial score (nSPS) is 14.7. The van der Waals surface area contributed by atoms with E-state index < -0.39 is 224 Å². The number of amides is 14. The third-order valence-corrected chi connectivity index (χ3v) is 18.5. The van der Waals surface area contributed by atoms with Crippen LogP contribution in [0, 0.1) is 28.1 Å². The number of guanidine groups is 3. The van der Waals surface area contributed by atoms with Gasteiger partial charge in [-0.1, -0.05) is 101 Å². The van der Waals surface area contributed by atoms with Gasteiger partial charge in [0, 0.05) is 44.0 Å². The van der Waals surface area contributed by atoms with Crippen molar-refractivity contribution in [3.8, 4) is 0 Å². The van der Waals surface area contributed by atoms with Crippen LogP contribution in [0.3, 0.4) is 0 Å². The highest BCUT2D eigenvalue weighted by atomic mass is 32.1. The van der Waals surface area contributed by atoms with Crippen molar-refractivity contribution in [3.63, 3.8) is 0 Å². The standard InChI is InChI=1S/C71H114N24O19S2/c1-6-37(3)55(67(113)85-42(32-96)21-14-24-79-69(73)74)95-66(112)51(36-116)92-62(108)47(28-41-19-12-9-13-20-41)89-60(106)45(23-16-26-81-71(77)78)87-63(109)48(29-54(101)102)90-68(114)56(38(4)7-2)94-61(107)44(22-15-25-80-70(75)76)86-53(100)31-82-52(99)30-83-59(105)46(27-40-17-10-8-11-18-40)88-57(103)39(5)84-65(111)50(35-115)93-64(110)49(34-98)91-58(104)43(72)33-97/h8-13,17-20,32,37-39,42-51,55-56,97-98,115-116H,6-7,14-16,21-31,33-36,72H2,1-5H3,(H,82,99)(H,83,105)(H,84,111)(H,85,113)(H,86,100)(H,87,109)(H,88,103)(H,89,106)(H,90,114)(H,91,104)(H,92,108)(H,93,110)(H,94,107)(H,95,112)(H,101,102)(H4,73,74,79)(H4,75,76,80)(H4,77,78,81)/t37-,38-,39+,42-,43-,44-,45-,46-,47-,48-,49-,50-,51-,55-,56-/m0/s1. The minimum Gasteiger partial charge on any atom is -0.481 e. The van der Waals surface area contributed by atoms with Crippen LogP contribution in [0.1, 0.15) is 104 Å². The van der Waals surface area contributed by atoms with Gasteiger partial charge in [-0.15, -0.1) is 0 Å². The van der Waals surface area contributed by atoms with Gasteiger partial charge in [-0.05, 0) is 68.4 Å². The van der Waals surface area contributed by atoms with Crippen LogP contribution in [0.15, 0.2) is 60.7 Å². The summed E-state index contributed by atoms with van der Waals surface area (Å²) in [4.78, 5) is 217. The van der Waals surface area contributed by atoms with E-state index in [-0.39, 0.29) is 88.5 Å². The maximum absolute atomic E-state index is 14.6. The number of nitrogens with two attached hydrogens (primary N) is 4. The van der Waals surface area contributed by atoms with Crippen LogP contribution in [0.2, 0.25) is 0 Å². The number of carbonyl (C=O) groups is 16. The molecule has 644 valence electrons. The second-order valence-corrected chi connectivity index (χ2v) is 27.8. The molecule has 0 fully saturated rings. The van der Waals surface area contributed by atoms with E-state index in [9.17, 15) is 86.9 Å². The molecule has 2 rings (SSSR count). The van der Waals surface area contributed by atoms with E-state index in [4.69, 9.17) is 44.3 Å². The topological polar surface area (TPSA) is 714 Å². The fraction of sp³-hybridized carbons (Fsp3) is 0.563. The zero-order valence-corrected chi connectivity index (χ0v) is 67.0. The molecule has 0 aliphatic carbocycles. The predicted octanol–water partition coefficient (Wildman–Crippen LogP) is -8.73. The molecule has 0 saturated carbocycles. The van der Waals surface area contributed by atoms with Gasteiger partial charge in [-0.3, -0.25) is 88.1 Å². The Morgan fingerprint density at radius 3 is 1.23 bits per heavy atom. The number of thiol groups is 2. The molecule has 45 heteroatoms. The van der Waals surface area contributed by atoms with Crippen LogP contribution in [-0.2, 0) is 89.6 Å². The number of aliphatic carboxylic acids is 1. The van der Waals surface area contributed by atoms with Crippen LogP contribution in [0.5, 0.6) is 0 Å². The molecule has 14 amide bonds. The van der Waals surface area contributed by atoms with Crippen molar-refractivity contribution in [1.82, 2.24) is 90.4 Å². The molecule has 0 spiro atoms. The summed E-state index contributed by atoms with van der Waals surface area (Å²) in [6.45, 7) is 4.71. The van der Waals surface area contributed by atoms with Gasteiger partial charge in [0.05, 0.1) is 38.8 Å². The van der Waals surface area contributed by atoms with Crippen LogP contribution in [0.4, 0.5) is 0 Å². The number of aldehydes is 1. The molecule has 0 aliphatic heterocycles. The van der Waals surface area contributed by atoms with Gasteiger partial charge in [0.15, 0.2) is 17.9 Å². The Morgan fingerprint density at radius 1 is 0.414 bits per heavy atom. The lowest BCUT2D eigenvalue weighted by Crippen LogP contribution is -2.61. The van der Waals surface area contributed by atoms with Crippen LogP contribution >= 0.6 is 25.3 Å². The summed E-state index contributed by atoms with van der Waals surface area (Å²) in [5.41, 5.74) is 22.8. The molecule has 0 saturated heterocycles. The molecule has 2 aromatic rings. The molecule has 0 aliphatic rings. The molecule has 0 radical (unpaired) electrons. The van der Waals surface area contributed by atoms with E-state index in [2.05, 4.69) is 116 Å². The van der Waals surface area contributed by atoms with Crippen LogP contribution in [-0.4, -0.2) is 264 Å². The summed E-state index contributed by atoms with van der Waals surface area (Å²) in [7, 11) is 0. The summed E-state index contributed by atoms with van der Waals surface area (Å²) < 4.78 is 0. The summed E-state index contributed by atoms with van der Waals surface area (Å²) in [5, 5.41) is 93.6.